The Balaban J connectivity index is 3.06. The number of rotatable bonds is 5. The highest BCUT2D eigenvalue weighted by Crippen LogP contribution is 2.23. The molecule has 0 fully saturated rings. The van der Waals surface area contributed by atoms with Gasteiger partial charge in [-0.2, -0.15) is 0 Å². The molecule has 19 heavy (non-hydrogen) atoms. The largest absolute Gasteiger partial charge is 0.359 e. The zero-order valence-corrected chi connectivity index (χ0v) is 13.0. The average Bonchev–Trinajstić information content (AvgIpc) is 2.36. The summed E-state index contributed by atoms with van der Waals surface area (Å²) < 4.78 is 0. The van der Waals surface area contributed by atoms with Crippen LogP contribution in [0.2, 0.25) is 0 Å². The van der Waals surface area contributed by atoms with Crippen LogP contribution in [0.4, 0.5) is 11.6 Å². The van der Waals surface area contributed by atoms with Crippen LogP contribution in [0.15, 0.2) is 6.07 Å². The van der Waals surface area contributed by atoms with E-state index in [0.29, 0.717) is 11.7 Å². The minimum atomic E-state index is -0.0984. The molecule has 1 aromatic rings. The summed E-state index contributed by atoms with van der Waals surface area (Å²) in [4.78, 5) is 11.2. The Hall–Kier alpha value is -1.36. The smallest absolute Gasteiger partial charge is 0.145 e. The van der Waals surface area contributed by atoms with Gasteiger partial charge in [-0.1, -0.05) is 41.0 Å². The van der Waals surface area contributed by atoms with E-state index in [9.17, 15) is 0 Å². The Labute approximate surface area is 116 Å². The van der Waals surface area contributed by atoms with E-state index in [1.54, 1.807) is 0 Å². The lowest BCUT2D eigenvalue weighted by Gasteiger charge is -2.25. The molecule has 5 nitrogen and oxygen atoms in total. The number of aromatic nitrogens is 2. The van der Waals surface area contributed by atoms with Gasteiger partial charge in [0.15, 0.2) is 0 Å². The van der Waals surface area contributed by atoms with E-state index in [1.807, 2.05) is 6.07 Å². The Morgan fingerprint density at radius 1 is 1.37 bits per heavy atom. The molecule has 0 saturated carbocycles. The van der Waals surface area contributed by atoms with E-state index in [2.05, 4.69) is 62.0 Å². The maximum absolute atomic E-state index is 5.50. The summed E-state index contributed by atoms with van der Waals surface area (Å²) in [5.74, 6) is 8.50. The summed E-state index contributed by atoms with van der Waals surface area (Å²) in [6.45, 7) is 11.7. The SMILES string of the molecule is CCC(C)CN(C)c1cc(NN)nc(C(C)(C)C)n1. The van der Waals surface area contributed by atoms with E-state index in [0.717, 1.165) is 24.6 Å². The van der Waals surface area contributed by atoms with Crippen molar-refractivity contribution < 1.29 is 0 Å². The van der Waals surface area contributed by atoms with Gasteiger partial charge in [0, 0.05) is 25.1 Å². The monoisotopic (exact) mass is 265 g/mol. The molecule has 1 heterocycles. The molecular formula is C14H27N5. The molecule has 1 atom stereocenters. The Morgan fingerprint density at radius 2 is 2.00 bits per heavy atom. The second kappa shape index (κ2) is 6.19. The van der Waals surface area contributed by atoms with Gasteiger partial charge in [0.2, 0.25) is 0 Å². The fraction of sp³-hybridized carbons (Fsp3) is 0.714. The second-order valence-corrected chi connectivity index (χ2v) is 6.22. The van der Waals surface area contributed by atoms with Gasteiger partial charge < -0.3 is 10.3 Å². The third-order valence-electron chi connectivity index (χ3n) is 3.20. The maximum atomic E-state index is 5.50. The fourth-order valence-corrected chi connectivity index (χ4v) is 1.73. The van der Waals surface area contributed by atoms with Gasteiger partial charge in [0.05, 0.1) is 0 Å². The number of hydrogen-bond donors (Lipinski definition) is 2. The summed E-state index contributed by atoms with van der Waals surface area (Å²) in [6.07, 6.45) is 1.16. The first kappa shape index (κ1) is 15.7. The van der Waals surface area contributed by atoms with Crippen molar-refractivity contribution in [2.24, 2.45) is 11.8 Å². The van der Waals surface area contributed by atoms with Gasteiger partial charge >= 0.3 is 0 Å². The van der Waals surface area contributed by atoms with E-state index < -0.39 is 0 Å². The highest BCUT2D eigenvalue weighted by Gasteiger charge is 2.20. The minimum absolute atomic E-state index is 0.0984. The van der Waals surface area contributed by atoms with Crippen molar-refractivity contribution in [1.82, 2.24) is 9.97 Å². The molecule has 5 heteroatoms. The van der Waals surface area contributed by atoms with Gasteiger partial charge in [0.25, 0.3) is 0 Å². The maximum Gasteiger partial charge on any atom is 0.145 e. The molecule has 1 rings (SSSR count). The number of anilines is 2. The van der Waals surface area contributed by atoms with Crippen molar-refractivity contribution in [2.75, 3.05) is 23.9 Å². The molecule has 0 aliphatic carbocycles. The number of nitrogen functional groups attached to an aromatic ring is 1. The molecule has 0 amide bonds. The molecule has 0 aromatic carbocycles. The Bertz CT molecular complexity index is 411. The third-order valence-corrected chi connectivity index (χ3v) is 3.20. The first-order chi connectivity index (χ1) is 8.77. The van der Waals surface area contributed by atoms with E-state index >= 15 is 0 Å². The molecule has 0 bridgehead atoms. The number of nitrogens with one attached hydrogen (secondary N) is 1. The summed E-state index contributed by atoms with van der Waals surface area (Å²) >= 11 is 0. The van der Waals surface area contributed by atoms with Crippen LogP contribution in [-0.2, 0) is 5.41 Å². The molecule has 0 radical (unpaired) electrons. The van der Waals surface area contributed by atoms with Crippen LogP contribution in [0.3, 0.4) is 0 Å². The van der Waals surface area contributed by atoms with Crippen LogP contribution < -0.4 is 16.2 Å². The van der Waals surface area contributed by atoms with Gasteiger partial charge in [-0.05, 0) is 5.92 Å². The highest BCUT2D eigenvalue weighted by molar-refractivity contribution is 5.49. The molecule has 0 spiro atoms. The standard InChI is InChI=1S/C14H27N5/c1-7-10(2)9-19(6)12-8-11(18-15)16-13(17-12)14(3,4)5/h8,10H,7,9,15H2,1-6H3,(H,16,17,18). The van der Waals surface area contributed by atoms with Crippen LogP contribution in [0.25, 0.3) is 0 Å². The summed E-state index contributed by atoms with van der Waals surface area (Å²) in [7, 11) is 2.06. The van der Waals surface area contributed by atoms with Crippen molar-refractivity contribution in [3.05, 3.63) is 11.9 Å². The van der Waals surface area contributed by atoms with E-state index in [-0.39, 0.29) is 5.41 Å². The van der Waals surface area contributed by atoms with Gasteiger partial charge in [-0.15, -0.1) is 0 Å². The van der Waals surface area contributed by atoms with E-state index in [4.69, 9.17) is 5.84 Å². The summed E-state index contributed by atoms with van der Waals surface area (Å²) in [5, 5.41) is 0. The zero-order valence-electron chi connectivity index (χ0n) is 13.0. The lowest BCUT2D eigenvalue weighted by Crippen LogP contribution is -2.27. The van der Waals surface area contributed by atoms with E-state index in [1.165, 1.54) is 0 Å². The zero-order chi connectivity index (χ0) is 14.6. The fourth-order valence-electron chi connectivity index (χ4n) is 1.73. The molecule has 0 aliphatic rings. The molecule has 0 saturated heterocycles. The average molecular weight is 265 g/mol. The van der Waals surface area contributed by atoms with Gasteiger partial charge in [0.1, 0.15) is 17.5 Å². The summed E-state index contributed by atoms with van der Waals surface area (Å²) in [5.41, 5.74) is 2.53. The van der Waals surface area contributed by atoms with Crippen molar-refractivity contribution in [2.45, 2.75) is 46.5 Å². The second-order valence-electron chi connectivity index (χ2n) is 6.22. The van der Waals surface area contributed by atoms with Crippen LogP contribution in [0.1, 0.15) is 46.9 Å². The normalized spacial score (nSPS) is 13.2. The van der Waals surface area contributed by atoms with Gasteiger partial charge in [-0.3, -0.25) is 0 Å². The van der Waals surface area contributed by atoms with Crippen molar-refractivity contribution >= 4 is 11.6 Å². The number of hydrazine groups is 1. The number of nitrogens with two attached hydrogens (primary N) is 1. The molecule has 3 N–H and O–H groups in total. The lowest BCUT2D eigenvalue weighted by atomic mass is 9.96. The molecule has 1 unspecified atom stereocenters. The number of nitrogens with zero attached hydrogens (tertiary/aromatic N) is 3. The predicted octanol–water partition coefficient (Wildman–Crippen LogP) is 2.54. The van der Waals surface area contributed by atoms with Crippen molar-refractivity contribution in [1.29, 1.82) is 0 Å². The first-order valence-corrected chi connectivity index (χ1v) is 6.85. The first-order valence-electron chi connectivity index (χ1n) is 6.85. The highest BCUT2D eigenvalue weighted by atomic mass is 15.3. The molecule has 0 aliphatic heterocycles. The topological polar surface area (TPSA) is 67.1 Å². The van der Waals surface area contributed by atoms with Crippen molar-refractivity contribution in [3.8, 4) is 0 Å². The molecular weight excluding hydrogens is 238 g/mol. The summed E-state index contributed by atoms with van der Waals surface area (Å²) in [6, 6.07) is 1.89. The lowest BCUT2D eigenvalue weighted by molar-refractivity contribution is 0.537. The van der Waals surface area contributed by atoms with Crippen LogP contribution in [-0.4, -0.2) is 23.6 Å². The van der Waals surface area contributed by atoms with Gasteiger partial charge in [-0.25, -0.2) is 15.8 Å². The van der Waals surface area contributed by atoms with Crippen LogP contribution >= 0.6 is 0 Å². The van der Waals surface area contributed by atoms with Crippen LogP contribution in [0.5, 0.6) is 0 Å². The van der Waals surface area contributed by atoms with Crippen LogP contribution in [0, 0.1) is 5.92 Å². The molecule has 108 valence electrons. The Morgan fingerprint density at radius 3 is 2.47 bits per heavy atom. The quantitative estimate of drug-likeness (QED) is 0.632. The molecule has 1 aromatic heterocycles. The third kappa shape index (κ3) is 4.35. The Kier molecular flexibility index (Phi) is 5.11. The van der Waals surface area contributed by atoms with Crippen molar-refractivity contribution in [3.63, 3.8) is 0 Å². The number of hydrogen-bond acceptors (Lipinski definition) is 5. The predicted molar refractivity (Wildman–Crippen MR) is 81.3 cm³/mol. The minimum Gasteiger partial charge on any atom is -0.359 e.